The highest BCUT2D eigenvalue weighted by molar-refractivity contribution is 7.22. The summed E-state index contributed by atoms with van der Waals surface area (Å²) in [5, 5.41) is 4.15. The zero-order valence-corrected chi connectivity index (χ0v) is 11.0. The van der Waals surface area contributed by atoms with Crippen LogP contribution in [0, 0.1) is 0 Å². The molecule has 0 aliphatic carbocycles. The van der Waals surface area contributed by atoms with Gasteiger partial charge in [0.2, 0.25) is 0 Å². The maximum Gasteiger partial charge on any atom is 0.183 e. The standard InChI is InChI=1S/C13H17N3OS/c1-2-3-7-17-8-6-15-13-16-11-5-4-10(14)9-12(11)18-13/h2,4-5,9H,1,3,6-8,14H2,(H,15,16). The number of anilines is 2. The summed E-state index contributed by atoms with van der Waals surface area (Å²) in [6.07, 6.45) is 2.74. The zero-order chi connectivity index (χ0) is 12.8. The molecule has 4 nitrogen and oxygen atoms in total. The van der Waals surface area contributed by atoms with Crippen LogP contribution in [-0.4, -0.2) is 24.7 Å². The number of nitrogen functional groups attached to an aromatic ring is 1. The first kappa shape index (κ1) is 12.9. The average Bonchev–Trinajstić information content (AvgIpc) is 2.75. The minimum atomic E-state index is 0.673. The lowest BCUT2D eigenvalue weighted by Crippen LogP contribution is -2.09. The molecular formula is C13H17N3OS. The smallest absolute Gasteiger partial charge is 0.183 e. The lowest BCUT2D eigenvalue weighted by atomic mass is 10.3. The lowest BCUT2D eigenvalue weighted by molar-refractivity contribution is 0.149. The molecule has 0 bridgehead atoms. The fraction of sp³-hybridized carbons (Fsp3) is 0.308. The summed E-state index contributed by atoms with van der Waals surface area (Å²) in [5.41, 5.74) is 7.48. The van der Waals surface area contributed by atoms with Gasteiger partial charge < -0.3 is 15.8 Å². The Morgan fingerprint density at radius 1 is 1.44 bits per heavy atom. The molecule has 96 valence electrons. The van der Waals surface area contributed by atoms with Crippen LogP contribution in [0.2, 0.25) is 0 Å². The molecule has 2 rings (SSSR count). The molecule has 0 unspecified atom stereocenters. The summed E-state index contributed by atoms with van der Waals surface area (Å²) >= 11 is 1.61. The second-order valence-corrected chi connectivity index (χ2v) is 4.89. The van der Waals surface area contributed by atoms with Gasteiger partial charge in [-0.15, -0.1) is 6.58 Å². The predicted octanol–water partition coefficient (Wildman–Crippen LogP) is 2.88. The number of benzene rings is 1. The van der Waals surface area contributed by atoms with E-state index in [1.54, 1.807) is 11.3 Å². The van der Waals surface area contributed by atoms with Crippen molar-refractivity contribution in [2.24, 2.45) is 0 Å². The third-order valence-electron chi connectivity index (χ3n) is 2.40. The number of nitrogens with zero attached hydrogens (tertiary/aromatic N) is 1. The Morgan fingerprint density at radius 3 is 3.17 bits per heavy atom. The fourth-order valence-electron chi connectivity index (χ4n) is 1.52. The van der Waals surface area contributed by atoms with Crippen LogP contribution in [0.3, 0.4) is 0 Å². The van der Waals surface area contributed by atoms with Crippen LogP contribution < -0.4 is 11.1 Å². The summed E-state index contributed by atoms with van der Waals surface area (Å²) in [5.74, 6) is 0. The minimum Gasteiger partial charge on any atom is -0.399 e. The van der Waals surface area contributed by atoms with Crippen molar-refractivity contribution in [3.8, 4) is 0 Å². The Labute approximate surface area is 110 Å². The first-order chi connectivity index (χ1) is 8.79. The Kier molecular flexibility index (Phi) is 4.55. The van der Waals surface area contributed by atoms with Crippen LogP contribution in [0.1, 0.15) is 6.42 Å². The van der Waals surface area contributed by atoms with Crippen LogP contribution in [-0.2, 0) is 4.74 Å². The number of fused-ring (bicyclic) bond motifs is 1. The summed E-state index contributed by atoms with van der Waals surface area (Å²) in [4.78, 5) is 4.47. The molecule has 0 fully saturated rings. The molecule has 3 N–H and O–H groups in total. The van der Waals surface area contributed by atoms with Crippen LogP contribution >= 0.6 is 11.3 Å². The van der Waals surface area contributed by atoms with E-state index < -0.39 is 0 Å². The van der Waals surface area contributed by atoms with Crippen molar-refractivity contribution >= 4 is 32.4 Å². The molecule has 1 aromatic carbocycles. The van der Waals surface area contributed by atoms with Crippen molar-refractivity contribution in [1.82, 2.24) is 4.98 Å². The van der Waals surface area contributed by atoms with E-state index in [4.69, 9.17) is 10.5 Å². The SMILES string of the molecule is C=CCCOCCNc1nc2ccc(N)cc2s1. The molecule has 0 aliphatic rings. The number of rotatable bonds is 7. The number of hydrogen-bond acceptors (Lipinski definition) is 5. The molecule has 0 saturated carbocycles. The normalized spacial score (nSPS) is 10.7. The number of nitrogens with one attached hydrogen (secondary N) is 1. The summed E-state index contributed by atoms with van der Waals surface area (Å²) in [6, 6.07) is 5.75. The van der Waals surface area contributed by atoms with Gasteiger partial charge in [-0.2, -0.15) is 0 Å². The minimum absolute atomic E-state index is 0.673. The maximum atomic E-state index is 5.73. The van der Waals surface area contributed by atoms with Gasteiger partial charge in [0.25, 0.3) is 0 Å². The van der Waals surface area contributed by atoms with Crippen LogP contribution in [0.15, 0.2) is 30.9 Å². The number of ether oxygens (including phenoxy) is 1. The molecule has 0 aliphatic heterocycles. The van der Waals surface area contributed by atoms with Gasteiger partial charge >= 0.3 is 0 Å². The van der Waals surface area contributed by atoms with Gasteiger partial charge in [0.05, 0.1) is 23.4 Å². The summed E-state index contributed by atoms with van der Waals surface area (Å²) < 4.78 is 6.51. The molecule has 0 saturated heterocycles. The van der Waals surface area contributed by atoms with Gasteiger partial charge in [-0.1, -0.05) is 17.4 Å². The Balaban J connectivity index is 1.82. The third kappa shape index (κ3) is 3.45. The molecule has 0 radical (unpaired) electrons. The molecule has 1 aromatic heterocycles. The molecule has 0 spiro atoms. The molecule has 18 heavy (non-hydrogen) atoms. The fourth-order valence-corrected chi connectivity index (χ4v) is 2.46. The topological polar surface area (TPSA) is 60.2 Å². The van der Waals surface area contributed by atoms with Crippen LogP contribution in [0.4, 0.5) is 10.8 Å². The quantitative estimate of drug-likeness (QED) is 0.458. The van der Waals surface area contributed by atoms with Crippen molar-refractivity contribution in [1.29, 1.82) is 0 Å². The van der Waals surface area contributed by atoms with Gasteiger partial charge in [-0.05, 0) is 24.6 Å². The van der Waals surface area contributed by atoms with Crippen molar-refractivity contribution in [3.05, 3.63) is 30.9 Å². The largest absolute Gasteiger partial charge is 0.399 e. The highest BCUT2D eigenvalue weighted by atomic mass is 32.1. The first-order valence-corrected chi connectivity index (χ1v) is 6.70. The van der Waals surface area contributed by atoms with E-state index in [-0.39, 0.29) is 0 Å². The van der Waals surface area contributed by atoms with E-state index >= 15 is 0 Å². The molecule has 2 aromatic rings. The van der Waals surface area contributed by atoms with Crippen LogP contribution in [0.25, 0.3) is 10.2 Å². The molecule has 0 atom stereocenters. The number of hydrogen-bond donors (Lipinski definition) is 2. The van der Waals surface area contributed by atoms with E-state index in [1.165, 1.54) is 0 Å². The summed E-state index contributed by atoms with van der Waals surface area (Å²) in [6.45, 7) is 5.80. The molecular weight excluding hydrogens is 246 g/mol. The Morgan fingerprint density at radius 2 is 2.33 bits per heavy atom. The predicted molar refractivity (Wildman–Crippen MR) is 78.2 cm³/mol. The zero-order valence-electron chi connectivity index (χ0n) is 10.2. The lowest BCUT2D eigenvalue weighted by Gasteiger charge is -2.02. The van der Waals surface area contributed by atoms with Crippen LogP contribution in [0.5, 0.6) is 0 Å². The van der Waals surface area contributed by atoms with Crippen molar-refractivity contribution in [3.63, 3.8) is 0 Å². The summed E-state index contributed by atoms with van der Waals surface area (Å²) in [7, 11) is 0. The number of thiazole rings is 1. The first-order valence-electron chi connectivity index (χ1n) is 5.88. The molecule has 0 amide bonds. The van der Waals surface area contributed by atoms with Gasteiger partial charge in [-0.25, -0.2) is 4.98 Å². The van der Waals surface area contributed by atoms with E-state index in [0.717, 1.165) is 40.6 Å². The Bertz CT molecular complexity index is 524. The highest BCUT2D eigenvalue weighted by Gasteiger charge is 2.03. The van der Waals surface area contributed by atoms with E-state index in [1.807, 2.05) is 24.3 Å². The number of aromatic nitrogens is 1. The molecule has 1 heterocycles. The average molecular weight is 263 g/mol. The second-order valence-electron chi connectivity index (χ2n) is 3.86. The van der Waals surface area contributed by atoms with Gasteiger partial charge in [-0.3, -0.25) is 0 Å². The van der Waals surface area contributed by atoms with Crippen molar-refractivity contribution < 1.29 is 4.74 Å². The van der Waals surface area contributed by atoms with Gasteiger partial charge in [0.1, 0.15) is 0 Å². The van der Waals surface area contributed by atoms with E-state index in [0.29, 0.717) is 6.61 Å². The second kappa shape index (κ2) is 6.37. The van der Waals surface area contributed by atoms with E-state index in [9.17, 15) is 0 Å². The highest BCUT2D eigenvalue weighted by Crippen LogP contribution is 2.27. The van der Waals surface area contributed by atoms with Gasteiger partial charge in [0, 0.05) is 12.2 Å². The maximum absolute atomic E-state index is 5.73. The van der Waals surface area contributed by atoms with Crippen molar-refractivity contribution in [2.75, 3.05) is 30.8 Å². The van der Waals surface area contributed by atoms with Gasteiger partial charge in [0.15, 0.2) is 5.13 Å². The monoisotopic (exact) mass is 263 g/mol. The number of nitrogens with two attached hydrogens (primary N) is 1. The molecule has 5 heteroatoms. The van der Waals surface area contributed by atoms with Crippen molar-refractivity contribution in [2.45, 2.75) is 6.42 Å². The third-order valence-corrected chi connectivity index (χ3v) is 3.38. The Hall–Kier alpha value is -1.59. The van der Waals surface area contributed by atoms with E-state index in [2.05, 4.69) is 16.9 Å².